The summed E-state index contributed by atoms with van der Waals surface area (Å²) in [5, 5.41) is 0. The highest BCUT2D eigenvalue weighted by Gasteiger charge is 2.06. The molecule has 0 radical (unpaired) electrons. The summed E-state index contributed by atoms with van der Waals surface area (Å²) in [6.07, 6.45) is 4.57. The molecule has 0 amide bonds. The number of rotatable bonds is 5. The number of aromatic nitrogens is 2. The molecule has 0 atom stereocenters. The van der Waals surface area contributed by atoms with Gasteiger partial charge in [-0.25, -0.2) is 4.98 Å². The molecule has 0 spiro atoms. The van der Waals surface area contributed by atoms with E-state index < -0.39 is 0 Å². The Morgan fingerprint density at radius 1 is 0.818 bits per heavy atom. The predicted octanol–water partition coefficient (Wildman–Crippen LogP) is 3.41. The van der Waals surface area contributed by atoms with Crippen molar-refractivity contribution in [1.29, 1.82) is 0 Å². The van der Waals surface area contributed by atoms with Gasteiger partial charge in [-0.1, -0.05) is 42.5 Å². The minimum Gasteiger partial charge on any atom is -0.269 e. The lowest BCUT2D eigenvalue weighted by molar-refractivity contribution is 0.753. The maximum Gasteiger partial charge on any atom is 0.256 e. The van der Waals surface area contributed by atoms with Crippen molar-refractivity contribution >= 4 is 0 Å². The van der Waals surface area contributed by atoms with Crippen LogP contribution in [-0.2, 0) is 12.8 Å². The molecule has 0 saturated carbocycles. The van der Waals surface area contributed by atoms with E-state index in [2.05, 4.69) is 29.2 Å². The highest BCUT2D eigenvalue weighted by molar-refractivity contribution is 5.26. The van der Waals surface area contributed by atoms with Crippen molar-refractivity contribution in [2.45, 2.75) is 19.3 Å². The first-order valence-corrected chi connectivity index (χ1v) is 7.51. The summed E-state index contributed by atoms with van der Waals surface area (Å²) in [6.45, 7) is 0. The molecular weight excluding hydrogens is 272 g/mol. The molecule has 110 valence electrons. The van der Waals surface area contributed by atoms with Gasteiger partial charge in [0.2, 0.25) is 0 Å². The summed E-state index contributed by atoms with van der Waals surface area (Å²) in [6, 6.07) is 21.4. The molecule has 0 bridgehead atoms. The second-order valence-corrected chi connectivity index (χ2v) is 5.22. The van der Waals surface area contributed by atoms with E-state index in [0.717, 1.165) is 25.0 Å². The summed E-state index contributed by atoms with van der Waals surface area (Å²) in [5.74, 6) is 0.683. The van der Waals surface area contributed by atoms with Gasteiger partial charge in [0.05, 0.1) is 0 Å². The predicted molar refractivity (Wildman–Crippen MR) is 88.3 cm³/mol. The lowest BCUT2D eigenvalue weighted by Crippen LogP contribution is -2.21. The first-order chi connectivity index (χ1) is 10.8. The minimum absolute atomic E-state index is 0.0316. The third kappa shape index (κ3) is 3.31. The maximum atomic E-state index is 12.2. The smallest absolute Gasteiger partial charge is 0.256 e. The number of hydrogen-bond acceptors (Lipinski definition) is 2. The molecule has 1 aromatic carbocycles. The molecule has 3 aromatic rings. The number of pyridine rings is 2. The topological polar surface area (TPSA) is 34.9 Å². The Balaban J connectivity index is 1.80. The molecule has 22 heavy (non-hydrogen) atoms. The summed E-state index contributed by atoms with van der Waals surface area (Å²) >= 11 is 0. The molecule has 3 rings (SSSR count). The van der Waals surface area contributed by atoms with Gasteiger partial charge in [0, 0.05) is 18.0 Å². The molecule has 0 unspecified atom stereocenters. The van der Waals surface area contributed by atoms with E-state index in [-0.39, 0.29) is 5.56 Å². The molecule has 0 saturated heterocycles. The molecule has 0 aliphatic heterocycles. The molecule has 3 nitrogen and oxygen atoms in total. The van der Waals surface area contributed by atoms with Crippen LogP contribution >= 0.6 is 0 Å². The molecule has 2 heterocycles. The zero-order valence-electron chi connectivity index (χ0n) is 12.4. The quantitative estimate of drug-likeness (QED) is 0.722. The summed E-state index contributed by atoms with van der Waals surface area (Å²) in [4.78, 5) is 16.5. The standard InChI is InChI=1S/C19H18N2O/c22-19-14-7-12-17(21(19)18-13-4-5-15-20-18)11-6-10-16-8-2-1-3-9-16/h1-5,7-9,12-15H,6,10-11H2. The third-order valence-corrected chi connectivity index (χ3v) is 3.65. The normalized spacial score (nSPS) is 10.5. The third-order valence-electron chi connectivity index (χ3n) is 3.65. The molecule has 0 aliphatic rings. The van der Waals surface area contributed by atoms with Gasteiger partial charge >= 0.3 is 0 Å². The molecule has 2 aromatic heterocycles. The van der Waals surface area contributed by atoms with Crippen LogP contribution in [0.5, 0.6) is 0 Å². The van der Waals surface area contributed by atoms with Crippen molar-refractivity contribution in [2.24, 2.45) is 0 Å². The molecule has 3 heteroatoms. The monoisotopic (exact) mass is 290 g/mol. The second kappa shape index (κ2) is 6.85. The molecule has 0 aliphatic carbocycles. The van der Waals surface area contributed by atoms with Crippen LogP contribution in [0.1, 0.15) is 17.7 Å². The first-order valence-electron chi connectivity index (χ1n) is 7.51. The van der Waals surface area contributed by atoms with Crippen molar-refractivity contribution in [3.05, 3.63) is 94.5 Å². The number of nitrogens with zero attached hydrogens (tertiary/aromatic N) is 2. The van der Waals surface area contributed by atoms with E-state index in [1.165, 1.54) is 5.56 Å². The van der Waals surface area contributed by atoms with Crippen LogP contribution in [0.3, 0.4) is 0 Å². The van der Waals surface area contributed by atoms with Gasteiger partial charge in [0.25, 0.3) is 5.56 Å². The van der Waals surface area contributed by atoms with E-state index >= 15 is 0 Å². The van der Waals surface area contributed by atoms with Crippen molar-refractivity contribution in [3.63, 3.8) is 0 Å². The van der Waals surface area contributed by atoms with Crippen LogP contribution in [0, 0.1) is 0 Å². The summed E-state index contributed by atoms with van der Waals surface area (Å²) < 4.78 is 1.70. The van der Waals surface area contributed by atoms with Gasteiger partial charge in [0.1, 0.15) is 5.82 Å². The average molecular weight is 290 g/mol. The van der Waals surface area contributed by atoms with Gasteiger partial charge < -0.3 is 0 Å². The van der Waals surface area contributed by atoms with Gasteiger partial charge in [-0.15, -0.1) is 0 Å². The van der Waals surface area contributed by atoms with Crippen LogP contribution in [0.15, 0.2) is 77.7 Å². The second-order valence-electron chi connectivity index (χ2n) is 5.22. The Morgan fingerprint density at radius 2 is 1.64 bits per heavy atom. The lowest BCUT2D eigenvalue weighted by atomic mass is 10.1. The fourth-order valence-corrected chi connectivity index (χ4v) is 2.59. The fraction of sp³-hybridized carbons (Fsp3) is 0.158. The maximum absolute atomic E-state index is 12.2. The van der Waals surface area contributed by atoms with E-state index in [4.69, 9.17) is 0 Å². The lowest BCUT2D eigenvalue weighted by Gasteiger charge is -2.11. The Hall–Kier alpha value is -2.68. The minimum atomic E-state index is -0.0316. The van der Waals surface area contributed by atoms with Crippen LogP contribution in [0.2, 0.25) is 0 Å². The van der Waals surface area contributed by atoms with E-state index in [0.29, 0.717) is 5.82 Å². The zero-order chi connectivity index (χ0) is 15.2. The van der Waals surface area contributed by atoms with Crippen LogP contribution in [0.25, 0.3) is 5.82 Å². The van der Waals surface area contributed by atoms with E-state index in [1.807, 2.05) is 36.4 Å². The number of hydrogen-bond donors (Lipinski definition) is 0. The first kappa shape index (κ1) is 14.3. The molecule has 0 fully saturated rings. The molecular formula is C19H18N2O. The van der Waals surface area contributed by atoms with Gasteiger partial charge in [0.15, 0.2) is 0 Å². The average Bonchev–Trinajstić information content (AvgIpc) is 2.57. The van der Waals surface area contributed by atoms with Crippen molar-refractivity contribution in [1.82, 2.24) is 9.55 Å². The van der Waals surface area contributed by atoms with Crippen LogP contribution < -0.4 is 5.56 Å². The Bertz CT molecular complexity index is 779. The van der Waals surface area contributed by atoms with Gasteiger partial charge in [-0.2, -0.15) is 0 Å². The van der Waals surface area contributed by atoms with Crippen LogP contribution in [0.4, 0.5) is 0 Å². The zero-order valence-corrected chi connectivity index (χ0v) is 12.4. The van der Waals surface area contributed by atoms with E-state index in [9.17, 15) is 4.79 Å². The molecule has 0 N–H and O–H groups in total. The number of aryl methyl sites for hydroxylation is 2. The van der Waals surface area contributed by atoms with E-state index in [1.54, 1.807) is 16.8 Å². The highest BCUT2D eigenvalue weighted by atomic mass is 16.1. The summed E-state index contributed by atoms with van der Waals surface area (Å²) in [5.41, 5.74) is 2.29. The SMILES string of the molecule is O=c1cccc(CCCc2ccccc2)n1-c1ccccn1. The van der Waals surface area contributed by atoms with Gasteiger partial charge in [-0.3, -0.25) is 9.36 Å². The number of benzene rings is 1. The fourth-order valence-electron chi connectivity index (χ4n) is 2.59. The highest BCUT2D eigenvalue weighted by Crippen LogP contribution is 2.10. The van der Waals surface area contributed by atoms with Crippen LogP contribution in [-0.4, -0.2) is 9.55 Å². The van der Waals surface area contributed by atoms with Crippen molar-refractivity contribution in [2.75, 3.05) is 0 Å². The largest absolute Gasteiger partial charge is 0.269 e. The van der Waals surface area contributed by atoms with Gasteiger partial charge in [-0.05, 0) is 43.0 Å². The Morgan fingerprint density at radius 3 is 2.41 bits per heavy atom. The Labute approximate surface area is 129 Å². The Kier molecular flexibility index (Phi) is 4.44. The van der Waals surface area contributed by atoms with Crippen molar-refractivity contribution in [3.8, 4) is 5.82 Å². The summed E-state index contributed by atoms with van der Waals surface area (Å²) in [7, 11) is 0. The van der Waals surface area contributed by atoms with Crippen molar-refractivity contribution < 1.29 is 0 Å².